The average Bonchev–Trinajstić information content (AvgIpc) is 2.49. The van der Waals surface area contributed by atoms with E-state index < -0.39 is 0 Å². The van der Waals surface area contributed by atoms with Gasteiger partial charge in [0.1, 0.15) is 0 Å². The summed E-state index contributed by atoms with van der Waals surface area (Å²) in [7, 11) is 0. The number of nitrogens with zero attached hydrogens (tertiary/aromatic N) is 2. The molecule has 2 rings (SSSR count). The Kier molecular flexibility index (Phi) is 6.65. The molecule has 0 unspecified atom stereocenters. The van der Waals surface area contributed by atoms with E-state index in [-0.39, 0.29) is 12.6 Å². The minimum atomic E-state index is 0.230. The maximum atomic E-state index is 9.81. The number of hydrogen-bond donors (Lipinski definition) is 1. The topological polar surface area (TPSA) is 36.4 Å². The Morgan fingerprint density at radius 2 is 2.00 bits per heavy atom. The van der Waals surface area contributed by atoms with Crippen LogP contribution in [0, 0.1) is 11.8 Å². The van der Waals surface area contributed by atoms with Crippen molar-refractivity contribution in [1.82, 2.24) is 9.88 Å². The number of aromatic nitrogens is 1. The van der Waals surface area contributed by atoms with Crippen LogP contribution in [0.3, 0.4) is 0 Å². The minimum absolute atomic E-state index is 0.230. The molecule has 21 heavy (non-hydrogen) atoms. The van der Waals surface area contributed by atoms with E-state index in [0.29, 0.717) is 5.92 Å². The van der Waals surface area contributed by atoms with E-state index in [2.05, 4.69) is 29.8 Å². The van der Waals surface area contributed by atoms with Crippen molar-refractivity contribution in [2.45, 2.75) is 58.5 Å². The summed E-state index contributed by atoms with van der Waals surface area (Å²) in [6.07, 6.45) is 8.67. The van der Waals surface area contributed by atoms with Crippen molar-refractivity contribution in [2.75, 3.05) is 13.2 Å². The SMILES string of the molecule is CC(C)[C@@H](CO)N(Cc1ccccn1)CC1CCCCC1. The van der Waals surface area contributed by atoms with Gasteiger partial charge in [0.15, 0.2) is 0 Å². The molecule has 1 saturated carbocycles. The molecule has 1 N–H and O–H groups in total. The first-order chi connectivity index (χ1) is 10.2. The van der Waals surface area contributed by atoms with Gasteiger partial charge in [-0.3, -0.25) is 9.88 Å². The lowest BCUT2D eigenvalue weighted by Crippen LogP contribution is -2.44. The maximum Gasteiger partial charge on any atom is 0.0589 e. The summed E-state index contributed by atoms with van der Waals surface area (Å²) in [5.74, 6) is 1.25. The minimum Gasteiger partial charge on any atom is -0.395 e. The standard InChI is InChI=1S/C18H30N2O/c1-15(2)18(14-21)20(12-16-8-4-3-5-9-16)13-17-10-6-7-11-19-17/h6-7,10-11,15-16,18,21H,3-5,8-9,12-14H2,1-2H3/t18-/m1/s1. The lowest BCUT2D eigenvalue weighted by Gasteiger charge is -2.36. The summed E-state index contributed by atoms with van der Waals surface area (Å²) in [6, 6.07) is 6.32. The summed E-state index contributed by atoms with van der Waals surface area (Å²) in [5.41, 5.74) is 1.10. The van der Waals surface area contributed by atoms with Crippen molar-refractivity contribution in [3.05, 3.63) is 30.1 Å². The molecule has 1 aromatic heterocycles. The van der Waals surface area contributed by atoms with Crippen molar-refractivity contribution >= 4 is 0 Å². The van der Waals surface area contributed by atoms with Crippen molar-refractivity contribution < 1.29 is 5.11 Å². The second-order valence-electron chi connectivity index (χ2n) is 6.75. The summed E-state index contributed by atoms with van der Waals surface area (Å²) in [6.45, 7) is 6.58. The zero-order chi connectivity index (χ0) is 15.1. The Balaban J connectivity index is 2.05. The lowest BCUT2D eigenvalue weighted by molar-refractivity contribution is 0.0637. The molecular formula is C18H30N2O. The molecule has 1 aromatic rings. The quantitative estimate of drug-likeness (QED) is 0.835. The first kappa shape index (κ1) is 16.4. The molecule has 0 amide bonds. The summed E-state index contributed by atoms with van der Waals surface area (Å²) < 4.78 is 0. The Morgan fingerprint density at radius 3 is 2.57 bits per heavy atom. The van der Waals surface area contributed by atoms with Crippen LogP contribution in [0.5, 0.6) is 0 Å². The molecule has 1 aliphatic carbocycles. The lowest BCUT2D eigenvalue weighted by atomic mass is 9.88. The summed E-state index contributed by atoms with van der Waals surface area (Å²) >= 11 is 0. The Morgan fingerprint density at radius 1 is 1.24 bits per heavy atom. The monoisotopic (exact) mass is 290 g/mol. The van der Waals surface area contributed by atoms with Crippen LogP contribution in [-0.4, -0.2) is 34.2 Å². The third-order valence-electron chi connectivity index (χ3n) is 4.73. The molecule has 3 heteroatoms. The number of hydrogen-bond acceptors (Lipinski definition) is 3. The summed E-state index contributed by atoms with van der Waals surface area (Å²) in [5, 5.41) is 9.81. The zero-order valence-corrected chi connectivity index (χ0v) is 13.5. The van der Waals surface area contributed by atoms with Gasteiger partial charge in [-0.2, -0.15) is 0 Å². The highest BCUT2D eigenvalue weighted by molar-refractivity contribution is 5.03. The predicted octanol–water partition coefficient (Wildman–Crippen LogP) is 3.48. The second kappa shape index (κ2) is 8.50. The van der Waals surface area contributed by atoms with Crippen LogP contribution in [0.1, 0.15) is 51.6 Å². The van der Waals surface area contributed by atoms with Gasteiger partial charge in [-0.05, 0) is 36.8 Å². The normalized spacial score (nSPS) is 18.3. The molecule has 1 aliphatic rings. The van der Waals surface area contributed by atoms with E-state index in [1.807, 2.05) is 18.3 Å². The van der Waals surface area contributed by atoms with Crippen LogP contribution in [-0.2, 0) is 6.54 Å². The van der Waals surface area contributed by atoms with E-state index >= 15 is 0 Å². The van der Waals surface area contributed by atoms with Crippen LogP contribution >= 0.6 is 0 Å². The molecule has 3 nitrogen and oxygen atoms in total. The van der Waals surface area contributed by atoms with Crippen molar-refractivity contribution in [3.63, 3.8) is 0 Å². The van der Waals surface area contributed by atoms with Gasteiger partial charge in [0.2, 0.25) is 0 Å². The Labute approximate surface area is 129 Å². The van der Waals surface area contributed by atoms with Gasteiger partial charge in [0, 0.05) is 25.3 Å². The van der Waals surface area contributed by atoms with Crippen molar-refractivity contribution in [1.29, 1.82) is 0 Å². The molecular weight excluding hydrogens is 260 g/mol. The van der Waals surface area contributed by atoms with E-state index in [0.717, 1.165) is 24.7 Å². The first-order valence-corrected chi connectivity index (χ1v) is 8.45. The molecule has 1 fully saturated rings. The largest absolute Gasteiger partial charge is 0.395 e. The number of rotatable bonds is 7. The van der Waals surface area contributed by atoms with Gasteiger partial charge in [0.25, 0.3) is 0 Å². The molecule has 0 aromatic carbocycles. The van der Waals surface area contributed by atoms with Gasteiger partial charge in [-0.25, -0.2) is 0 Å². The molecule has 0 radical (unpaired) electrons. The fourth-order valence-corrected chi connectivity index (χ4v) is 3.47. The van der Waals surface area contributed by atoms with Gasteiger partial charge in [-0.15, -0.1) is 0 Å². The number of pyridine rings is 1. The Hall–Kier alpha value is -0.930. The molecule has 1 atom stereocenters. The van der Waals surface area contributed by atoms with Crippen molar-refractivity contribution in [2.24, 2.45) is 11.8 Å². The van der Waals surface area contributed by atoms with Gasteiger partial charge in [-0.1, -0.05) is 39.2 Å². The highest BCUT2D eigenvalue weighted by Gasteiger charge is 2.25. The molecule has 0 saturated heterocycles. The highest BCUT2D eigenvalue weighted by Crippen LogP contribution is 2.26. The van der Waals surface area contributed by atoms with E-state index in [1.54, 1.807) is 0 Å². The van der Waals surface area contributed by atoms with Gasteiger partial charge < -0.3 is 5.11 Å². The molecule has 0 aliphatic heterocycles. The average molecular weight is 290 g/mol. The van der Waals surface area contributed by atoms with Crippen LogP contribution in [0.4, 0.5) is 0 Å². The first-order valence-electron chi connectivity index (χ1n) is 8.45. The van der Waals surface area contributed by atoms with Crippen LogP contribution in [0.2, 0.25) is 0 Å². The molecule has 1 heterocycles. The van der Waals surface area contributed by atoms with Crippen LogP contribution in [0.25, 0.3) is 0 Å². The Bertz CT molecular complexity index is 387. The van der Waals surface area contributed by atoms with Gasteiger partial charge >= 0.3 is 0 Å². The smallest absolute Gasteiger partial charge is 0.0589 e. The van der Waals surface area contributed by atoms with Crippen LogP contribution < -0.4 is 0 Å². The van der Waals surface area contributed by atoms with Gasteiger partial charge in [0.05, 0.1) is 12.3 Å². The van der Waals surface area contributed by atoms with E-state index in [1.165, 1.54) is 32.1 Å². The van der Waals surface area contributed by atoms with Crippen molar-refractivity contribution in [3.8, 4) is 0 Å². The fourth-order valence-electron chi connectivity index (χ4n) is 3.47. The molecule has 118 valence electrons. The van der Waals surface area contributed by atoms with Crippen LogP contribution in [0.15, 0.2) is 24.4 Å². The van der Waals surface area contributed by atoms with E-state index in [4.69, 9.17) is 0 Å². The molecule has 0 bridgehead atoms. The third-order valence-corrected chi connectivity index (χ3v) is 4.73. The number of aliphatic hydroxyl groups is 1. The highest BCUT2D eigenvalue weighted by atomic mass is 16.3. The summed E-state index contributed by atoms with van der Waals surface area (Å²) in [4.78, 5) is 6.93. The fraction of sp³-hybridized carbons (Fsp3) is 0.722. The second-order valence-corrected chi connectivity index (χ2v) is 6.75. The predicted molar refractivity (Wildman–Crippen MR) is 86.9 cm³/mol. The molecule has 0 spiro atoms. The maximum absolute atomic E-state index is 9.81. The zero-order valence-electron chi connectivity index (χ0n) is 13.5. The number of aliphatic hydroxyl groups excluding tert-OH is 1. The third kappa shape index (κ3) is 5.08. The van der Waals surface area contributed by atoms with E-state index in [9.17, 15) is 5.11 Å².